The minimum absolute atomic E-state index is 0.390. The van der Waals surface area contributed by atoms with Gasteiger partial charge in [-0.3, -0.25) is 4.79 Å². The highest BCUT2D eigenvalue weighted by atomic mass is 35.5. The number of aromatic nitrogens is 2. The van der Waals surface area contributed by atoms with Crippen LogP contribution in [0.2, 0.25) is 5.02 Å². The van der Waals surface area contributed by atoms with Crippen molar-refractivity contribution in [1.29, 1.82) is 0 Å². The Morgan fingerprint density at radius 1 is 1.31 bits per heavy atom. The molecule has 0 saturated heterocycles. The van der Waals surface area contributed by atoms with Crippen LogP contribution in [-0.4, -0.2) is 16.3 Å². The van der Waals surface area contributed by atoms with E-state index in [0.29, 0.717) is 22.5 Å². The fourth-order valence-electron chi connectivity index (χ4n) is 1.14. The zero-order valence-electron chi connectivity index (χ0n) is 6.57. The molecule has 0 amide bonds. The number of hydrogen-bond acceptors (Lipinski definition) is 3. The molecule has 1 heterocycles. The summed E-state index contributed by atoms with van der Waals surface area (Å²) in [7, 11) is 0. The second-order valence-corrected chi connectivity index (χ2v) is 2.97. The SMILES string of the molecule is O=Cc1ncnc2cc(Cl)ccc12. The molecule has 4 heteroatoms. The van der Waals surface area contributed by atoms with E-state index in [4.69, 9.17) is 11.6 Å². The third-order valence-electron chi connectivity index (χ3n) is 1.74. The molecular formula is C9H5ClN2O. The number of hydrogen-bond donors (Lipinski definition) is 0. The first-order chi connectivity index (χ1) is 6.31. The van der Waals surface area contributed by atoms with E-state index in [1.807, 2.05) is 0 Å². The van der Waals surface area contributed by atoms with Crippen LogP contribution in [-0.2, 0) is 0 Å². The van der Waals surface area contributed by atoms with Gasteiger partial charge in [0.15, 0.2) is 6.29 Å². The number of carbonyl (C=O) groups excluding carboxylic acids is 1. The van der Waals surface area contributed by atoms with Crippen molar-refractivity contribution in [2.24, 2.45) is 0 Å². The molecule has 0 unspecified atom stereocenters. The Bertz CT molecular complexity index is 470. The Balaban J connectivity index is 2.84. The Morgan fingerprint density at radius 3 is 2.92 bits per heavy atom. The third-order valence-corrected chi connectivity index (χ3v) is 1.98. The van der Waals surface area contributed by atoms with Crippen molar-refractivity contribution >= 4 is 28.8 Å². The first kappa shape index (κ1) is 8.13. The molecule has 0 aliphatic heterocycles. The molecule has 1 aromatic carbocycles. The van der Waals surface area contributed by atoms with Crippen molar-refractivity contribution in [3.05, 3.63) is 35.2 Å². The summed E-state index contributed by atoms with van der Waals surface area (Å²) in [4.78, 5) is 18.4. The molecule has 0 atom stereocenters. The zero-order valence-corrected chi connectivity index (χ0v) is 7.32. The maximum Gasteiger partial charge on any atom is 0.169 e. The van der Waals surface area contributed by atoms with Gasteiger partial charge >= 0.3 is 0 Å². The number of carbonyl (C=O) groups is 1. The van der Waals surface area contributed by atoms with Gasteiger partial charge in [0.2, 0.25) is 0 Å². The summed E-state index contributed by atoms with van der Waals surface area (Å²) in [6.45, 7) is 0. The minimum Gasteiger partial charge on any atom is -0.296 e. The predicted molar refractivity (Wildman–Crippen MR) is 49.9 cm³/mol. The lowest BCUT2D eigenvalue weighted by atomic mass is 10.2. The molecule has 1 aromatic heterocycles. The number of nitrogens with zero attached hydrogens (tertiary/aromatic N) is 2. The number of fused-ring (bicyclic) bond motifs is 1. The Morgan fingerprint density at radius 2 is 2.15 bits per heavy atom. The summed E-state index contributed by atoms with van der Waals surface area (Å²) in [6, 6.07) is 5.15. The smallest absolute Gasteiger partial charge is 0.169 e. The quantitative estimate of drug-likeness (QED) is 0.650. The highest BCUT2D eigenvalue weighted by Crippen LogP contribution is 2.18. The molecule has 13 heavy (non-hydrogen) atoms. The largest absolute Gasteiger partial charge is 0.296 e. The standard InChI is InChI=1S/C9H5ClN2O/c10-6-1-2-7-8(3-6)11-5-12-9(7)4-13/h1-5H. The molecule has 0 saturated carbocycles. The average molecular weight is 193 g/mol. The molecule has 2 rings (SSSR count). The van der Waals surface area contributed by atoms with Crippen molar-refractivity contribution in [2.75, 3.05) is 0 Å². The normalized spacial score (nSPS) is 10.2. The second kappa shape index (κ2) is 3.11. The van der Waals surface area contributed by atoms with Gasteiger partial charge in [-0.15, -0.1) is 0 Å². The van der Waals surface area contributed by atoms with Crippen LogP contribution in [0.15, 0.2) is 24.5 Å². The van der Waals surface area contributed by atoms with E-state index in [1.165, 1.54) is 6.33 Å². The Hall–Kier alpha value is -1.48. The summed E-state index contributed by atoms with van der Waals surface area (Å²) in [5.74, 6) is 0. The molecule has 0 fully saturated rings. The Kier molecular flexibility index (Phi) is 1.94. The van der Waals surface area contributed by atoms with E-state index in [0.717, 1.165) is 5.39 Å². The van der Waals surface area contributed by atoms with Gasteiger partial charge in [-0.1, -0.05) is 11.6 Å². The van der Waals surface area contributed by atoms with E-state index in [1.54, 1.807) is 18.2 Å². The van der Waals surface area contributed by atoms with Crippen LogP contribution in [0.25, 0.3) is 10.9 Å². The van der Waals surface area contributed by atoms with Gasteiger partial charge in [0.25, 0.3) is 0 Å². The van der Waals surface area contributed by atoms with Crippen LogP contribution in [0.5, 0.6) is 0 Å². The zero-order chi connectivity index (χ0) is 9.26. The van der Waals surface area contributed by atoms with Crippen molar-refractivity contribution in [1.82, 2.24) is 9.97 Å². The molecule has 0 bridgehead atoms. The molecule has 64 valence electrons. The number of rotatable bonds is 1. The summed E-state index contributed by atoms with van der Waals surface area (Å²) >= 11 is 5.77. The monoisotopic (exact) mass is 192 g/mol. The number of aldehydes is 1. The van der Waals surface area contributed by atoms with Crippen molar-refractivity contribution < 1.29 is 4.79 Å². The van der Waals surface area contributed by atoms with Crippen molar-refractivity contribution in [3.63, 3.8) is 0 Å². The number of benzene rings is 1. The van der Waals surface area contributed by atoms with Gasteiger partial charge < -0.3 is 0 Å². The highest BCUT2D eigenvalue weighted by Gasteiger charge is 2.01. The predicted octanol–water partition coefficient (Wildman–Crippen LogP) is 2.10. The van der Waals surface area contributed by atoms with Crippen molar-refractivity contribution in [3.8, 4) is 0 Å². The molecule has 0 radical (unpaired) electrons. The van der Waals surface area contributed by atoms with Gasteiger partial charge in [0.05, 0.1) is 5.52 Å². The van der Waals surface area contributed by atoms with Gasteiger partial charge in [0, 0.05) is 10.4 Å². The second-order valence-electron chi connectivity index (χ2n) is 2.54. The van der Waals surface area contributed by atoms with Crippen LogP contribution in [0, 0.1) is 0 Å². The summed E-state index contributed by atoms with van der Waals surface area (Å²) < 4.78 is 0. The van der Waals surface area contributed by atoms with Crippen LogP contribution in [0.1, 0.15) is 10.5 Å². The fraction of sp³-hybridized carbons (Fsp3) is 0. The lowest BCUT2D eigenvalue weighted by Gasteiger charge is -1.98. The third kappa shape index (κ3) is 1.38. The van der Waals surface area contributed by atoms with Crippen LogP contribution < -0.4 is 0 Å². The summed E-state index contributed by atoms with van der Waals surface area (Å²) in [5.41, 5.74) is 1.08. The minimum atomic E-state index is 0.390. The van der Waals surface area contributed by atoms with Crippen molar-refractivity contribution in [2.45, 2.75) is 0 Å². The average Bonchev–Trinajstić information content (AvgIpc) is 2.16. The van der Waals surface area contributed by atoms with Crippen LogP contribution in [0.3, 0.4) is 0 Å². The van der Waals surface area contributed by atoms with Gasteiger partial charge in [0.1, 0.15) is 12.0 Å². The first-order valence-corrected chi connectivity index (χ1v) is 4.04. The lowest BCUT2D eigenvalue weighted by molar-refractivity contribution is 0.112. The van der Waals surface area contributed by atoms with E-state index >= 15 is 0 Å². The van der Waals surface area contributed by atoms with E-state index in [9.17, 15) is 4.79 Å². The highest BCUT2D eigenvalue weighted by molar-refractivity contribution is 6.31. The summed E-state index contributed by atoms with van der Waals surface area (Å²) in [6.07, 6.45) is 2.06. The van der Waals surface area contributed by atoms with E-state index < -0.39 is 0 Å². The van der Waals surface area contributed by atoms with E-state index in [-0.39, 0.29) is 0 Å². The maximum absolute atomic E-state index is 10.6. The molecule has 0 spiro atoms. The van der Waals surface area contributed by atoms with Crippen LogP contribution in [0.4, 0.5) is 0 Å². The first-order valence-electron chi connectivity index (χ1n) is 3.67. The lowest BCUT2D eigenvalue weighted by Crippen LogP contribution is -1.90. The van der Waals surface area contributed by atoms with Crippen LogP contribution >= 0.6 is 11.6 Å². The maximum atomic E-state index is 10.6. The topological polar surface area (TPSA) is 42.9 Å². The van der Waals surface area contributed by atoms with Gasteiger partial charge in [-0.25, -0.2) is 9.97 Å². The molecule has 3 nitrogen and oxygen atoms in total. The Labute approximate surface area is 79.4 Å². The van der Waals surface area contributed by atoms with E-state index in [2.05, 4.69) is 9.97 Å². The molecule has 0 aliphatic carbocycles. The van der Waals surface area contributed by atoms with Gasteiger partial charge in [-0.05, 0) is 18.2 Å². The summed E-state index contributed by atoms with van der Waals surface area (Å²) in [5, 5.41) is 1.32. The molecule has 2 aromatic rings. The van der Waals surface area contributed by atoms with Gasteiger partial charge in [-0.2, -0.15) is 0 Å². The number of halogens is 1. The molecular weight excluding hydrogens is 188 g/mol. The molecule has 0 aliphatic rings. The molecule has 0 N–H and O–H groups in total. The fourth-order valence-corrected chi connectivity index (χ4v) is 1.31.